The van der Waals surface area contributed by atoms with Crippen molar-refractivity contribution in [1.29, 1.82) is 0 Å². The molecule has 2 aliphatic rings. The van der Waals surface area contributed by atoms with Crippen LogP contribution in [0.5, 0.6) is 0 Å². The number of nitrogens with zero attached hydrogens (tertiary/aromatic N) is 4. The summed E-state index contributed by atoms with van der Waals surface area (Å²) in [5.74, 6) is -0.451. The van der Waals surface area contributed by atoms with Crippen LogP contribution in [0, 0.1) is 0 Å². The lowest BCUT2D eigenvalue weighted by atomic mass is 10.0. The SMILES string of the molecule is O=C(CN1C(=O)CCC1=O)N1CCN(C(=O)c2cc(-c3ccco3)nc3ccccc23)CC1. The summed E-state index contributed by atoms with van der Waals surface area (Å²) in [6.07, 6.45) is 1.88. The summed E-state index contributed by atoms with van der Waals surface area (Å²) in [5.41, 5.74) is 1.80. The molecule has 168 valence electrons. The van der Waals surface area contributed by atoms with Crippen LogP contribution in [0.2, 0.25) is 0 Å². The van der Waals surface area contributed by atoms with Gasteiger partial charge in [-0.2, -0.15) is 0 Å². The molecule has 0 unspecified atom stereocenters. The van der Waals surface area contributed by atoms with E-state index in [4.69, 9.17) is 4.42 Å². The summed E-state index contributed by atoms with van der Waals surface area (Å²) < 4.78 is 5.48. The van der Waals surface area contributed by atoms with Crippen LogP contribution in [0.4, 0.5) is 0 Å². The smallest absolute Gasteiger partial charge is 0.254 e. The fraction of sp³-hybridized carbons (Fsp3) is 0.292. The lowest BCUT2D eigenvalue weighted by Gasteiger charge is -2.35. The molecular weight excluding hydrogens is 424 g/mol. The van der Waals surface area contributed by atoms with Gasteiger partial charge in [0.1, 0.15) is 12.2 Å². The highest BCUT2D eigenvalue weighted by Gasteiger charge is 2.33. The second kappa shape index (κ2) is 8.50. The van der Waals surface area contributed by atoms with Crippen molar-refractivity contribution in [3.63, 3.8) is 0 Å². The molecule has 2 aromatic heterocycles. The summed E-state index contributed by atoms with van der Waals surface area (Å²) in [5, 5.41) is 0.752. The lowest BCUT2D eigenvalue weighted by Crippen LogP contribution is -2.53. The molecule has 33 heavy (non-hydrogen) atoms. The van der Waals surface area contributed by atoms with Crippen LogP contribution >= 0.6 is 0 Å². The number of carbonyl (C=O) groups excluding carboxylic acids is 4. The van der Waals surface area contributed by atoms with Crippen LogP contribution in [-0.4, -0.2) is 76.0 Å². The summed E-state index contributed by atoms with van der Waals surface area (Å²) in [7, 11) is 0. The number of likely N-dealkylation sites (tertiary alicyclic amines) is 1. The molecule has 3 aromatic rings. The number of furan rings is 1. The van der Waals surface area contributed by atoms with E-state index in [0.717, 1.165) is 10.3 Å². The Bertz CT molecular complexity index is 1230. The van der Waals surface area contributed by atoms with Crippen LogP contribution in [0.15, 0.2) is 53.1 Å². The summed E-state index contributed by atoms with van der Waals surface area (Å²) >= 11 is 0. The molecule has 2 aliphatic heterocycles. The molecule has 0 saturated carbocycles. The molecule has 9 heteroatoms. The number of imide groups is 1. The highest BCUT2D eigenvalue weighted by Crippen LogP contribution is 2.26. The third-order valence-corrected chi connectivity index (χ3v) is 6.09. The first-order valence-electron chi connectivity index (χ1n) is 10.8. The number of pyridine rings is 1. The molecule has 4 amide bonds. The quantitative estimate of drug-likeness (QED) is 0.568. The molecule has 9 nitrogen and oxygen atoms in total. The van der Waals surface area contributed by atoms with Gasteiger partial charge in [0.2, 0.25) is 17.7 Å². The third kappa shape index (κ3) is 3.97. The molecule has 0 N–H and O–H groups in total. The molecule has 4 heterocycles. The maximum atomic E-state index is 13.4. The predicted molar refractivity (Wildman–Crippen MR) is 118 cm³/mol. The van der Waals surface area contributed by atoms with Crippen molar-refractivity contribution in [2.75, 3.05) is 32.7 Å². The number of carbonyl (C=O) groups is 4. The van der Waals surface area contributed by atoms with Crippen molar-refractivity contribution < 1.29 is 23.6 Å². The van der Waals surface area contributed by atoms with Crippen molar-refractivity contribution in [2.24, 2.45) is 0 Å². The lowest BCUT2D eigenvalue weighted by molar-refractivity contribution is -0.146. The Morgan fingerprint density at radius 3 is 2.30 bits per heavy atom. The van der Waals surface area contributed by atoms with E-state index in [-0.39, 0.29) is 43.0 Å². The van der Waals surface area contributed by atoms with Gasteiger partial charge in [-0.3, -0.25) is 24.1 Å². The van der Waals surface area contributed by atoms with Crippen molar-refractivity contribution in [3.05, 3.63) is 54.3 Å². The van der Waals surface area contributed by atoms with E-state index in [0.29, 0.717) is 48.7 Å². The first-order valence-corrected chi connectivity index (χ1v) is 10.8. The van der Waals surface area contributed by atoms with Crippen molar-refractivity contribution in [1.82, 2.24) is 19.7 Å². The van der Waals surface area contributed by atoms with Crippen LogP contribution in [-0.2, 0) is 14.4 Å². The van der Waals surface area contributed by atoms with Crippen LogP contribution < -0.4 is 0 Å². The van der Waals surface area contributed by atoms with Gasteiger partial charge in [0.05, 0.1) is 17.3 Å². The zero-order chi connectivity index (χ0) is 22.9. The standard InChI is InChI=1S/C24H22N4O5/c29-21-7-8-22(30)28(21)15-23(31)26-9-11-27(12-10-26)24(32)17-14-19(20-6-3-13-33-20)25-18-5-2-1-4-16(17)18/h1-6,13-14H,7-12,15H2. The third-order valence-electron chi connectivity index (χ3n) is 6.09. The van der Waals surface area contributed by atoms with E-state index in [9.17, 15) is 19.2 Å². The Labute approximate surface area is 189 Å². The van der Waals surface area contributed by atoms with Crippen LogP contribution in [0.3, 0.4) is 0 Å². The van der Waals surface area contributed by atoms with Crippen LogP contribution in [0.25, 0.3) is 22.4 Å². The predicted octanol–water partition coefficient (Wildman–Crippen LogP) is 1.93. The molecule has 0 spiro atoms. The number of amides is 4. The van der Waals surface area contributed by atoms with Crippen LogP contribution in [0.1, 0.15) is 23.2 Å². The number of aromatic nitrogens is 1. The number of piperazine rings is 1. The molecule has 5 rings (SSSR count). The number of para-hydroxylation sites is 1. The van der Waals surface area contributed by atoms with Gasteiger partial charge in [-0.15, -0.1) is 0 Å². The molecule has 2 saturated heterocycles. The molecule has 0 aliphatic carbocycles. The average molecular weight is 446 g/mol. The normalized spacial score (nSPS) is 16.7. The number of hydrogen-bond acceptors (Lipinski definition) is 6. The molecule has 1 aromatic carbocycles. The molecular formula is C24H22N4O5. The van der Waals surface area contributed by atoms with E-state index in [1.54, 1.807) is 34.3 Å². The van der Waals surface area contributed by atoms with Gasteiger partial charge in [-0.1, -0.05) is 18.2 Å². The minimum absolute atomic E-state index is 0.140. The number of hydrogen-bond donors (Lipinski definition) is 0. The Kier molecular flexibility index (Phi) is 5.37. The van der Waals surface area contributed by atoms with Gasteiger partial charge in [-0.25, -0.2) is 4.98 Å². The first-order chi connectivity index (χ1) is 16.0. The Morgan fingerprint density at radius 1 is 0.909 bits per heavy atom. The minimum Gasteiger partial charge on any atom is -0.463 e. The van der Waals surface area contributed by atoms with Gasteiger partial charge in [0.15, 0.2) is 5.76 Å². The number of rotatable bonds is 4. The van der Waals surface area contributed by atoms with Crippen molar-refractivity contribution >= 4 is 34.5 Å². The van der Waals surface area contributed by atoms with E-state index in [1.165, 1.54) is 0 Å². The van der Waals surface area contributed by atoms with Crippen molar-refractivity contribution in [3.8, 4) is 11.5 Å². The van der Waals surface area contributed by atoms with Gasteiger partial charge in [-0.05, 0) is 24.3 Å². The maximum Gasteiger partial charge on any atom is 0.254 e. The summed E-state index contributed by atoms with van der Waals surface area (Å²) in [4.78, 5) is 58.6. The zero-order valence-corrected chi connectivity index (χ0v) is 17.9. The minimum atomic E-state index is -0.306. The summed E-state index contributed by atoms with van der Waals surface area (Å²) in [6.45, 7) is 1.18. The highest BCUT2D eigenvalue weighted by atomic mass is 16.3. The Balaban J connectivity index is 1.31. The fourth-order valence-corrected chi connectivity index (χ4v) is 4.27. The maximum absolute atomic E-state index is 13.4. The topological polar surface area (TPSA) is 104 Å². The second-order valence-corrected chi connectivity index (χ2v) is 8.10. The van der Waals surface area contributed by atoms with E-state index in [1.807, 2.05) is 24.3 Å². The van der Waals surface area contributed by atoms with Gasteiger partial charge >= 0.3 is 0 Å². The monoisotopic (exact) mass is 446 g/mol. The Morgan fingerprint density at radius 2 is 1.61 bits per heavy atom. The average Bonchev–Trinajstić information content (AvgIpc) is 3.49. The largest absolute Gasteiger partial charge is 0.463 e. The van der Waals surface area contributed by atoms with Crippen molar-refractivity contribution in [2.45, 2.75) is 12.8 Å². The first kappa shape index (κ1) is 20.9. The van der Waals surface area contributed by atoms with E-state index in [2.05, 4.69) is 4.98 Å². The van der Waals surface area contributed by atoms with E-state index >= 15 is 0 Å². The number of benzene rings is 1. The summed E-state index contributed by atoms with van der Waals surface area (Å²) in [6, 6.07) is 12.8. The Hall–Kier alpha value is -4.01. The zero-order valence-electron chi connectivity index (χ0n) is 17.9. The second-order valence-electron chi connectivity index (χ2n) is 8.10. The highest BCUT2D eigenvalue weighted by molar-refractivity contribution is 6.07. The fourth-order valence-electron chi connectivity index (χ4n) is 4.27. The molecule has 2 fully saturated rings. The molecule has 0 atom stereocenters. The number of fused-ring (bicyclic) bond motifs is 1. The van der Waals surface area contributed by atoms with Gasteiger partial charge in [0.25, 0.3) is 5.91 Å². The molecule has 0 radical (unpaired) electrons. The van der Waals surface area contributed by atoms with E-state index < -0.39 is 0 Å². The van der Waals surface area contributed by atoms with Gasteiger partial charge < -0.3 is 14.2 Å². The van der Waals surface area contributed by atoms with Gasteiger partial charge in [0, 0.05) is 44.4 Å². The molecule has 0 bridgehead atoms.